The summed E-state index contributed by atoms with van der Waals surface area (Å²) in [4.78, 5) is 0. The van der Waals surface area contributed by atoms with Crippen molar-refractivity contribution >= 4 is 0 Å². The molecule has 2 atom stereocenters. The summed E-state index contributed by atoms with van der Waals surface area (Å²) in [5.41, 5.74) is 6.43. The lowest BCUT2D eigenvalue weighted by Gasteiger charge is -2.25. The summed E-state index contributed by atoms with van der Waals surface area (Å²) >= 11 is 0. The van der Waals surface area contributed by atoms with E-state index in [0.717, 1.165) is 11.8 Å². The molecule has 0 aromatic carbocycles. The predicted molar refractivity (Wildman–Crippen MR) is 64.3 cm³/mol. The fourth-order valence-corrected chi connectivity index (χ4v) is 2.13. The van der Waals surface area contributed by atoms with Gasteiger partial charge in [0, 0.05) is 0 Å². The number of hydrogen-bond acceptors (Lipinski definition) is 0. The molecule has 0 fully saturated rings. The van der Waals surface area contributed by atoms with Crippen molar-refractivity contribution in [3.05, 3.63) is 22.3 Å². The SMILES string of the molecule is CC1=C(C)C(C)C1.CC1=C(C)C(C)C1. The lowest BCUT2D eigenvalue weighted by Crippen LogP contribution is -2.09. The van der Waals surface area contributed by atoms with Crippen molar-refractivity contribution in [1.82, 2.24) is 0 Å². The van der Waals surface area contributed by atoms with Gasteiger partial charge < -0.3 is 0 Å². The van der Waals surface area contributed by atoms with E-state index < -0.39 is 0 Å². The Hall–Kier alpha value is -0.520. The van der Waals surface area contributed by atoms with Crippen molar-refractivity contribution < 1.29 is 0 Å². The first-order valence-electron chi connectivity index (χ1n) is 5.76. The van der Waals surface area contributed by atoms with Crippen LogP contribution in [0.2, 0.25) is 0 Å². The Morgan fingerprint density at radius 2 is 1.00 bits per heavy atom. The standard InChI is InChI=1S/2C7H12/c2*1-5-4-6(2)7(5)3/h2*5H,4H2,1-3H3. The van der Waals surface area contributed by atoms with Gasteiger partial charge in [0.05, 0.1) is 0 Å². The highest BCUT2D eigenvalue weighted by molar-refractivity contribution is 5.23. The quantitative estimate of drug-likeness (QED) is 0.487. The summed E-state index contributed by atoms with van der Waals surface area (Å²) in [6, 6.07) is 0. The summed E-state index contributed by atoms with van der Waals surface area (Å²) in [5.74, 6) is 1.78. The number of hydrogen-bond donors (Lipinski definition) is 0. The van der Waals surface area contributed by atoms with Crippen LogP contribution in [0.5, 0.6) is 0 Å². The predicted octanol–water partition coefficient (Wildman–Crippen LogP) is 4.73. The third-order valence-corrected chi connectivity index (χ3v) is 4.05. The van der Waals surface area contributed by atoms with Crippen LogP contribution in [0.1, 0.15) is 54.4 Å². The molecule has 0 nitrogen and oxygen atoms in total. The maximum atomic E-state index is 2.28. The zero-order valence-corrected chi connectivity index (χ0v) is 10.6. The van der Waals surface area contributed by atoms with E-state index in [1.54, 1.807) is 22.3 Å². The van der Waals surface area contributed by atoms with Crippen molar-refractivity contribution in [2.75, 3.05) is 0 Å². The van der Waals surface area contributed by atoms with Gasteiger partial charge in [-0.25, -0.2) is 0 Å². The normalized spacial score (nSPS) is 30.4. The fourth-order valence-electron chi connectivity index (χ4n) is 2.13. The molecule has 0 heteroatoms. The lowest BCUT2D eigenvalue weighted by atomic mass is 9.81. The van der Waals surface area contributed by atoms with E-state index in [1.807, 2.05) is 0 Å². The van der Waals surface area contributed by atoms with Gasteiger partial charge in [0.1, 0.15) is 0 Å². The Bertz CT molecular complexity index is 248. The highest BCUT2D eigenvalue weighted by atomic mass is 14.2. The molecule has 2 unspecified atom stereocenters. The molecule has 0 radical (unpaired) electrons. The molecule has 0 aromatic rings. The topological polar surface area (TPSA) is 0 Å². The van der Waals surface area contributed by atoms with E-state index in [9.17, 15) is 0 Å². The van der Waals surface area contributed by atoms with Gasteiger partial charge in [-0.2, -0.15) is 0 Å². The van der Waals surface area contributed by atoms with Crippen LogP contribution in [-0.4, -0.2) is 0 Å². The third-order valence-electron chi connectivity index (χ3n) is 4.05. The highest BCUT2D eigenvalue weighted by Crippen LogP contribution is 2.33. The Labute approximate surface area is 89.1 Å². The van der Waals surface area contributed by atoms with E-state index in [0.29, 0.717) is 0 Å². The zero-order valence-electron chi connectivity index (χ0n) is 10.6. The van der Waals surface area contributed by atoms with Crippen molar-refractivity contribution in [2.24, 2.45) is 11.8 Å². The minimum Gasteiger partial charge on any atom is -0.0735 e. The van der Waals surface area contributed by atoms with Crippen LogP contribution in [0, 0.1) is 11.8 Å². The first-order chi connectivity index (χ1) is 6.43. The van der Waals surface area contributed by atoms with Gasteiger partial charge in [0.2, 0.25) is 0 Å². The molecule has 0 aliphatic heterocycles. The van der Waals surface area contributed by atoms with Crippen molar-refractivity contribution in [1.29, 1.82) is 0 Å². The molecule has 80 valence electrons. The largest absolute Gasteiger partial charge is 0.0735 e. The van der Waals surface area contributed by atoms with Gasteiger partial charge >= 0.3 is 0 Å². The molecule has 2 aliphatic rings. The second-order valence-corrected chi connectivity index (χ2v) is 5.14. The second-order valence-electron chi connectivity index (χ2n) is 5.14. The minimum absolute atomic E-state index is 0.889. The van der Waals surface area contributed by atoms with E-state index in [-0.39, 0.29) is 0 Å². The van der Waals surface area contributed by atoms with Gasteiger partial charge in [-0.15, -0.1) is 0 Å². The van der Waals surface area contributed by atoms with Crippen LogP contribution in [-0.2, 0) is 0 Å². The van der Waals surface area contributed by atoms with Gasteiger partial charge in [-0.05, 0) is 52.4 Å². The summed E-state index contributed by atoms with van der Waals surface area (Å²) < 4.78 is 0. The van der Waals surface area contributed by atoms with Gasteiger partial charge in [0.15, 0.2) is 0 Å². The zero-order chi connectivity index (χ0) is 10.9. The Kier molecular flexibility index (Phi) is 3.58. The lowest BCUT2D eigenvalue weighted by molar-refractivity contribution is 0.584. The number of rotatable bonds is 0. The van der Waals surface area contributed by atoms with Crippen LogP contribution in [0.25, 0.3) is 0 Å². The van der Waals surface area contributed by atoms with Crippen LogP contribution < -0.4 is 0 Å². The average Bonchev–Trinajstić information content (AvgIpc) is 2.19. The summed E-state index contributed by atoms with van der Waals surface area (Å²) in [7, 11) is 0. The van der Waals surface area contributed by atoms with E-state index >= 15 is 0 Å². The van der Waals surface area contributed by atoms with Crippen LogP contribution in [0.15, 0.2) is 22.3 Å². The highest BCUT2D eigenvalue weighted by Gasteiger charge is 2.17. The van der Waals surface area contributed by atoms with E-state index in [4.69, 9.17) is 0 Å². The molecule has 0 aromatic heterocycles. The van der Waals surface area contributed by atoms with Gasteiger partial charge in [-0.1, -0.05) is 36.1 Å². The molecule has 2 rings (SSSR count). The van der Waals surface area contributed by atoms with Crippen LogP contribution in [0.4, 0.5) is 0 Å². The minimum atomic E-state index is 0.889. The third kappa shape index (κ3) is 2.29. The summed E-state index contributed by atoms with van der Waals surface area (Å²) in [6.07, 6.45) is 2.68. The first-order valence-corrected chi connectivity index (χ1v) is 5.76. The van der Waals surface area contributed by atoms with Crippen LogP contribution >= 0.6 is 0 Å². The molecule has 14 heavy (non-hydrogen) atoms. The van der Waals surface area contributed by atoms with E-state index in [2.05, 4.69) is 41.5 Å². The average molecular weight is 192 g/mol. The molecule has 0 saturated carbocycles. The fraction of sp³-hybridized carbons (Fsp3) is 0.714. The maximum absolute atomic E-state index is 2.28. The smallest absolute Gasteiger partial charge is 0.0195 e. The molecule has 0 heterocycles. The molecular formula is C14H24. The van der Waals surface area contributed by atoms with Crippen molar-refractivity contribution in [2.45, 2.75) is 54.4 Å². The molecule has 0 N–H and O–H groups in total. The Balaban J connectivity index is 0.000000140. The monoisotopic (exact) mass is 192 g/mol. The van der Waals surface area contributed by atoms with Crippen molar-refractivity contribution in [3.8, 4) is 0 Å². The molecule has 2 aliphatic carbocycles. The van der Waals surface area contributed by atoms with E-state index in [1.165, 1.54) is 12.8 Å². The Morgan fingerprint density at radius 3 is 1.00 bits per heavy atom. The van der Waals surface area contributed by atoms with Crippen molar-refractivity contribution in [3.63, 3.8) is 0 Å². The molecule has 0 amide bonds. The number of allylic oxidation sites excluding steroid dienone is 4. The first kappa shape index (κ1) is 11.6. The maximum Gasteiger partial charge on any atom is -0.0195 e. The second kappa shape index (κ2) is 4.33. The van der Waals surface area contributed by atoms with Gasteiger partial charge in [-0.3, -0.25) is 0 Å². The summed E-state index contributed by atoms with van der Waals surface area (Å²) in [5, 5.41) is 0. The molecular weight excluding hydrogens is 168 g/mol. The summed E-state index contributed by atoms with van der Waals surface area (Å²) in [6.45, 7) is 13.4. The molecule has 0 bridgehead atoms. The molecule has 0 saturated heterocycles. The Morgan fingerprint density at radius 1 is 0.714 bits per heavy atom. The van der Waals surface area contributed by atoms with Crippen LogP contribution in [0.3, 0.4) is 0 Å². The molecule has 0 spiro atoms. The van der Waals surface area contributed by atoms with Gasteiger partial charge in [0.25, 0.3) is 0 Å².